The molecule has 8 nitrogen and oxygen atoms in total. The number of aliphatic hydroxyl groups excluding tert-OH is 1. The molecule has 0 aromatic heterocycles. The quantitative estimate of drug-likeness (QED) is 0.354. The monoisotopic (exact) mass is 491 g/mol. The van der Waals surface area contributed by atoms with E-state index in [0.29, 0.717) is 12.3 Å². The Morgan fingerprint density at radius 1 is 1.12 bits per heavy atom. The number of benzene rings is 1. The number of halogens is 3. The van der Waals surface area contributed by atoms with Crippen LogP contribution in [0.5, 0.6) is 5.75 Å². The van der Waals surface area contributed by atoms with Crippen LogP contribution in [-0.4, -0.2) is 61.9 Å². The average molecular weight is 491 g/mol. The number of ketones is 2. The molecule has 0 unspecified atom stereocenters. The minimum Gasteiger partial charge on any atom is -0.506 e. The number of nitrogens with zero attached hydrogens (tertiary/aromatic N) is 1. The van der Waals surface area contributed by atoms with Crippen molar-refractivity contribution >= 4 is 33.1 Å². The SMILES string of the molecule is CCN(CC)C(=O)COc1c(S(C)(=O)=O)ccc(C(O)=C2C(=O)CCCC2=O)c1C(F)(F)F. The van der Waals surface area contributed by atoms with Crippen molar-refractivity contribution in [1.82, 2.24) is 4.90 Å². The van der Waals surface area contributed by atoms with E-state index >= 15 is 0 Å². The van der Waals surface area contributed by atoms with Crippen molar-refractivity contribution in [2.24, 2.45) is 0 Å². The van der Waals surface area contributed by atoms with Crippen LogP contribution in [0.25, 0.3) is 5.76 Å². The highest BCUT2D eigenvalue weighted by Crippen LogP contribution is 2.45. The molecule has 1 aromatic rings. The molecular weight excluding hydrogens is 467 g/mol. The van der Waals surface area contributed by atoms with Gasteiger partial charge in [0, 0.05) is 37.8 Å². The molecule has 12 heteroatoms. The van der Waals surface area contributed by atoms with Crippen molar-refractivity contribution in [1.29, 1.82) is 0 Å². The lowest BCUT2D eigenvalue weighted by molar-refractivity contribution is -0.141. The Bertz CT molecular complexity index is 1090. The van der Waals surface area contributed by atoms with Gasteiger partial charge in [0.2, 0.25) is 0 Å². The summed E-state index contributed by atoms with van der Waals surface area (Å²) in [7, 11) is -4.27. The summed E-state index contributed by atoms with van der Waals surface area (Å²) in [6, 6.07) is 1.43. The summed E-state index contributed by atoms with van der Waals surface area (Å²) >= 11 is 0. The largest absolute Gasteiger partial charge is 0.506 e. The Labute approximate surface area is 188 Å². The van der Waals surface area contributed by atoms with Gasteiger partial charge in [-0.3, -0.25) is 14.4 Å². The maximum absolute atomic E-state index is 14.1. The van der Waals surface area contributed by atoms with Gasteiger partial charge < -0.3 is 14.7 Å². The zero-order valence-corrected chi connectivity index (χ0v) is 19.1. The maximum atomic E-state index is 14.1. The summed E-state index contributed by atoms with van der Waals surface area (Å²) < 4.78 is 71.9. The fourth-order valence-electron chi connectivity index (χ4n) is 3.49. The normalized spacial score (nSPS) is 14.9. The number of rotatable bonds is 7. The average Bonchev–Trinajstić information content (AvgIpc) is 2.70. The number of carbonyl (C=O) groups excluding carboxylic acids is 3. The molecule has 2 rings (SSSR count). The van der Waals surface area contributed by atoms with Gasteiger partial charge in [-0.05, 0) is 32.4 Å². The number of allylic oxidation sites excluding steroid dienone is 1. The summed E-state index contributed by atoms with van der Waals surface area (Å²) in [4.78, 5) is 37.0. The molecule has 0 radical (unpaired) electrons. The third kappa shape index (κ3) is 5.73. The number of ether oxygens (including phenoxy) is 1. The number of amides is 1. The second-order valence-electron chi connectivity index (χ2n) is 7.36. The van der Waals surface area contributed by atoms with Crippen LogP contribution in [0.1, 0.15) is 44.2 Å². The Hall–Kier alpha value is -2.89. The molecule has 1 saturated carbocycles. The van der Waals surface area contributed by atoms with Gasteiger partial charge in [0.25, 0.3) is 5.91 Å². The van der Waals surface area contributed by atoms with Crippen molar-refractivity contribution in [3.63, 3.8) is 0 Å². The predicted molar refractivity (Wildman–Crippen MR) is 111 cm³/mol. The number of aliphatic hydroxyl groups is 1. The maximum Gasteiger partial charge on any atom is 0.420 e. The van der Waals surface area contributed by atoms with Crippen molar-refractivity contribution in [2.45, 2.75) is 44.2 Å². The zero-order chi connectivity index (χ0) is 25.1. The lowest BCUT2D eigenvalue weighted by Gasteiger charge is -2.23. The van der Waals surface area contributed by atoms with Crippen LogP contribution in [0, 0.1) is 0 Å². The minimum absolute atomic E-state index is 0.129. The Balaban J connectivity index is 2.79. The molecule has 1 aliphatic rings. The number of carbonyl (C=O) groups is 3. The molecule has 1 aromatic carbocycles. The van der Waals surface area contributed by atoms with Crippen LogP contribution in [0.2, 0.25) is 0 Å². The summed E-state index contributed by atoms with van der Waals surface area (Å²) in [5.41, 5.74) is -3.46. The molecule has 1 amide bonds. The Morgan fingerprint density at radius 3 is 2.12 bits per heavy atom. The number of Topliss-reactive ketones (excluding diaryl/α,β-unsaturated/α-hetero) is 2. The van der Waals surface area contributed by atoms with Gasteiger partial charge in [-0.25, -0.2) is 8.42 Å². The first-order chi connectivity index (χ1) is 15.2. The van der Waals surface area contributed by atoms with Gasteiger partial charge in [-0.1, -0.05) is 0 Å². The lowest BCUT2D eigenvalue weighted by Crippen LogP contribution is -2.35. The molecule has 0 atom stereocenters. The van der Waals surface area contributed by atoms with Gasteiger partial charge in [0.1, 0.15) is 21.8 Å². The zero-order valence-electron chi connectivity index (χ0n) is 18.3. The van der Waals surface area contributed by atoms with E-state index in [1.165, 1.54) is 4.90 Å². The van der Waals surface area contributed by atoms with Gasteiger partial charge in [0.15, 0.2) is 33.8 Å². The third-order valence-electron chi connectivity index (χ3n) is 5.12. The van der Waals surface area contributed by atoms with E-state index in [4.69, 9.17) is 4.74 Å². The minimum atomic E-state index is -5.26. The topological polar surface area (TPSA) is 118 Å². The van der Waals surface area contributed by atoms with Crippen molar-refractivity contribution in [3.05, 3.63) is 28.8 Å². The Kier molecular flexibility index (Phi) is 7.94. The van der Waals surface area contributed by atoms with Crippen LogP contribution in [-0.2, 0) is 30.4 Å². The molecule has 0 bridgehead atoms. The van der Waals surface area contributed by atoms with Crippen molar-refractivity contribution < 1.29 is 45.8 Å². The molecular formula is C21H24F3NO7S. The number of hydrogen-bond acceptors (Lipinski definition) is 7. The molecule has 1 aliphatic carbocycles. The number of alkyl halides is 3. The van der Waals surface area contributed by atoms with E-state index in [9.17, 15) is 41.1 Å². The highest BCUT2D eigenvalue weighted by molar-refractivity contribution is 7.90. The predicted octanol–water partition coefficient (Wildman–Crippen LogP) is 2.95. The third-order valence-corrected chi connectivity index (χ3v) is 6.24. The van der Waals surface area contributed by atoms with Crippen LogP contribution in [0.4, 0.5) is 13.2 Å². The van der Waals surface area contributed by atoms with E-state index in [1.54, 1.807) is 13.8 Å². The standard InChI is InChI=1S/C21H24F3NO7S/c1-4-25(5-2)16(28)11-32-20-15(33(3,30)31)10-9-12(18(20)21(22,23)24)19(29)17-13(26)7-6-8-14(17)27/h9-10,29H,4-8,11H2,1-3H3. The smallest absolute Gasteiger partial charge is 0.420 e. The van der Waals surface area contributed by atoms with Crippen LogP contribution in [0.15, 0.2) is 22.6 Å². The number of sulfone groups is 1. The second-order valence-corrected chi connectivity index (χ2v) is 9.35. The molecule has 182 valence electrons. The molecule has 33 heavy (non-hydrogen) atoms. The summed E-state index contributed by atoms with van der Waals surface area (Å²) in [6.07, 6.45) is -4.66. The van der Waals surface area contributed by atoms with Gasteiger partial charge in [0.05, 0.1) is 0 Å². The molecule has 0 spiro atoms. The highest BCUT2D eigenvalue weighted by atomic mass is 32.2. The van der Waals surface area contributed by atoms with Crippen molar-refractivity contribution in [2.75, 3.05) is 26.0 Å². The molecule has 0 aliphatic heterocycles. The molecule has 0 saturated heterocycles. The van der Waals surface area contributed by atoms with E-state index in [-0.39, 0.29) is 32.4 Å². The van der Waals surface area contributed by atoms with E-state index in [2.05, 4.69) is 0 Å². The fourth-order valence-corrected chi connectivity index (χ4v) is 4.31. The van der Waals surface area contributed by atoms with Crippen LogP contribution >= 0.6 is 0 Å². The van der Waals surface area contributed by atoms with Gasteiger partial charge in [-0.15, -0.1) is 0 Å². The fraction of sp³-hybridized carbons (Fsp3) is 0.476. The van der Waals surface area contributed by atoms with E-state index < -0.39 is 73.2 Å². The van der Waals surface area contributed by atoms with Crippen molar-refractivity contribution in [3.8, 4) is 5.75 Å². The van der Waals surface area contributed by atoms with Gasteiger partial charge in [-0.2, -0.15) is 13.2 Å². The van der Waals surface area contributed by atoms with Crippen LogP contribution < -0.4 is 4.74 Å². The van der Waals surface area contributed by atoms with E-state index in [1.807, 2.05) is 0 Å². The molecule has 1 N–H and O–H groups in total. The van der Waals surface area contributed by atoms with Gasteiger partial charge >= 0.3 is 6.18 Å². The summed E-state index contributed by atoms with van der Waals surface area (Å²) in [5.74, 6) is -4.72. The second kappa shape index (κ2) is 9.94. The number of likely N-dealkylation sites (N-methyl/N-ethyl adjacent to an activating group) is 1. The summed E-state index contributed by atoms with van der Waals surface area (Å²) in [6.45, 7) is 2.90. The Morgan fingerprint density at radius 2 is 1.67 bits per heavy atom. The molecule has 0 heterocycles. The summed E-state index contributed by atoms with van der Waals surface area (Å²) in [5, 5.41) is 10.5. The first-order valence-electron chi connectivity index (χ1n) is 10.1. The number of hydrogen-bond donors (Lipinski definition) is 1. The lowest BCUT2D eigenvalue weighted by atomic mass is 9.88. The molecule has 1 fully saturated rings. The first kappa shape index (κ1) is 26.4. The van der Waals surface area contributed by atoms with Crippen LogP contribution in [0.3, 0.4) is 0 Å². The van der Waals surface area contributed by atoms with E-state index in [0.717, 1.165) is 6.07 Å². The highest BCUT2D eigenvalue weighted by Gasteiger charge is 2.42. The first-order valence-corrected chi connectivity index (χ1v) is 12.0.